The first-order chi connectivity index (χ1) is 9.88. The van der Waals surface area contributed by atoms with E-state index in [1.807, 2.05) is 39.0 Å². The lowest BCUT2D eigenvalue weighted by Gasteiger charge is -2.16. The molecule has 1 aromatic rings. The van der Waals surface area contributed by atoms with Crippen molar-refractivity contribution < 1.29 is 14.7 Å². The minimum absolute atomic E-state index is 0.222. The van der Waals surface area contributed by atoms with E-state index < -0.39 is 12.0 Å². The summed E-state index contributed by atoms with van der Waals surface area (Å²) in [6.07, 6.45) is 0.448. The van der Waals surface area contributed by atoms with Crippen LogP contribution in [0.25, 0.3) is 0 Å². The van der Waals surface area contributed by atoms with Crippen molar-refractivity contribution in [2.24, 2.45) is 5.92 Å². The lowest BCUT2D eigenvalue weighted by molar-refractivity contribution is -0.141. The van der Waals surface area contributed by atoms with Gasteiger partial charge in [0.2, 0.25) is 5.91 Å². The van der Waals surface area contributed by atoms with Crippen LogP contribution in [0.4, 0.5) is 0 Å². The molecule has 0 aliphatic heterocycles. The van der Waals surface area contributed by atoms with Crippen LogP contribution in [0.2, 0.25) is 0 Å². The Labute approximate surface area is 130 Å². The summed E-state index contributed by atoms with van der Waals surface area (Å²) in [7, 11) is 0. The van der Waals surface area contributed by atoms with Gasteiger partial charge in [-0.3, -0.25) is 4.79 Å². The SMILES string of the molecule is Cc1cccc(CSCC(=O)N[C@H](CC(C)C)C(=O)O)c1. The number of thioether (sulfide) groups is 1. The van der Waals surface area contributed by atoms with Crippen molar-refractivity contribution in [3.63, 3.8) is 0 Å². The molecule has 0 fully saturated rings. The summed E-state index contributed by atoms with van der Waals surface area (Å²) in [5.74, 6) is 0.0557. The van der Waals surface area contributed by atoms with Gasteiger partial charge in [-0.05, 0) is 24.8 Å². The number of carboxylic acid groups (broad SMARTS) is 1. The van der Waals surface area contributed by atoms with E-state index in [4.69, 9.17) is 5.11 Å². The van der Waals surface area contributed by atoms with Gasteiger partial charge in [0.15, 0.2) is 0 Å². The van der Waals surface area contributed by atoms with Crippen LogP contribution in [0.15, 0.2) is 24.3 Å². The van der Waals surface area contributed by atoms with Gasteiger partial charge in [0.05, 0.1) is 5.75 Å². The van der Waals surface area contributed by atoms with Crippen LogP contribution in [0.3, 0.4) is 0 Å². The third-order valence-electron chi connectivity index (χ3n) is 2.92. The Bertz CT molecular complexity index is 488. The molecule has 0 unspecified atom stereocenters. The molecule has 0 saturated heterocycles. The summed E-state index contributed by atoms with van der Waals surface area (Å²) in [5, 5.41) is 11.7. The van der Waals surface area contributed by atoms with Crippen molar-refractivity contribution >= 4 is 23.6 Å². The van der Waals surface area contributed by atoms with Crippen molar-refractivity contribution in [2.45, 2.75) is 39.0 Å². The van der Waals surface area contributed by atoms with Gasteiger partial charge in [-0.1, -0.05) is 43.7 Å². The second-order valence-electron chi connectivity index (χ2n) is 5.57. The number of hydrogen-bond acceptors (Lipinski definition) is 3. The Hall–Kier alpha value is -1.49. The molecule has 5 heteroatoms. The lowest BCUT2D eigenvalue weighted by atomic mass is 10.0. The molecule has 0 radical (unpaired) electrons. The Balaban J connectivity index is 2.37. The first-order valence-electron chi connectivity index (χ1n) is 7.04. The first kappa shape index (κ1) is 17.6. The number of rotatable bonds is 8. The number of carbonyl (C=O) groups is 2. The minimum atomic E-state index is -0.972. The number of amides is 1. The van der Waals surface area contributed by atoms with Crippen LogP contribution in [-0.4, -0.2) is 28.8 Å². The summed E-state index contributed by atoms with van der Waals surface area (Å²) >= 11 is 1.49. The van der Waals surface area contributed by atoms with Gasteiger partial charge < -0.3 is 10.4 Å². The molecule has 0 saturated carbocycles. The zero-order valence-corrected chi connectivity index (χ0v) is 13.6. The van der Waals surface area contributed by atoms with E-state index in [-0.39, 0.29) is 17.6 Å². The molecule has 1 amide bonds. The van der Waals surface area contributed by atoms with Crippen molar-refractivity contribution in [2.75, 3.05) is 5.75 Å². The Morgan fingerprint density at radius 3 is 2.62 bits per heavy atom. The predicted octanol–water partition coefficient (Wildman–Crippen LogP) is 2.84. The molecule has 0 aromatic heterocycles. The molecule has 0 spiro atoms. The molecule has 4 nitrogen and oxygen atoms in total. The highest BCUT2D eigenvalue weighted by molar-refractivity contribution is 7.99. The summed E-state index contributed by atoms with van der Waals surface area (Å²) in [4.78, 5) is 22.9. The largest absolute Gasteiger partial charge is 0.480 e. The molecule has 0 heterocycles. The molecule has 0 aliphatic rings. The highest BCUT2D eigenvalue weighted by Gasteiger charge is 2.20. The van der Waals surface area contributed by atoms with Crippen LogP contribution < -0.4 is 5.32 Å². The van der Waals surface area contributed by atoms with Gasteiger partial charge in [-0.15, -0.1) is 11.8 Å². The molecule has 0 bridgehead atoms. The van der Waals surface area contributed by atoms with E-state index in [0.29, 0.717) is 6.42 Å². The second-order valence-corrected chi connectivity index (χ2v) is 6.56. The summed E-state index contributed by atoms with van der Waals surface area (Å²) < 4.78 is 0. The van der Waals surface area contributed by atoms with Gasteiger partial charge in [0, 0.05) is 5.75 Å². The number of hydrogen-bond donors (Lipinski definition) is 2. The van der Waals surface area contributed by atoms with E-state index in [1.54, 1.807) is 0 Å². The van der Waals surface area contributed by atoms with Crippen molar-refractivity contribution in [3.8, 4) is 0 Å². The van der Waals surface area contributed by atoms with E-state index in [2.05, 4.69) is 11.4 Å². The number of carbonyl (C=O) groups excluding carboxylic acids is 1. The fourth-order valence-electron chi connectivity index (χ4n) is 1.99. The molecular weight excluding hydrogens is 286 g/mol. The monoisotopic (exact) mass is 309 g/mol. The maximum Gasteiger partial charge on any atom is 0.326 e. The quantitative estimate of drug-likeness (QED) is 0.775. The maximum atomic E-state index is 11.8. The van der Waals surface area contributed by atoms with Crippen LogP contribution in [0.1, 0.15) is 31.4 Å². The number of aliphatic carboxylic acids is 1. The average molecular weight is 309 g/mol. The fraction of sp³-hybridized carbons (Fsp3) is 0.500. The molecule has 21 heavy (non-hydrogen) atoms. The maximum absolute atomic E-state index is 11.8. The van der Waals surface area contributed by atoms with E-state index in [1.165, 1.54) is 22.9 Å². The number of aryl methyl sites for hydroxylation is 1. The second kappa shape index (κ2) is 8.72. The minimum Gasteiger partial charge on any atom is -0.480 e. The standard InChI is InChI=1S/C16H23NO3S/c1-11(2)7-14(16(19)20)17-15(18)10-21-9-13-6-4-5-12(3)8-13/h4-6,8,11,14H,7,9-10H2,1-3H3,(H,17,18)(H,19,20)/t14-/m1/s1. The highest BCUT2D eigenvalue weighted by Crippen LogP contribution is 2.13. The Kier molecular flexibility index (Phi) is 7.29. The molecule has 1 rings (SSSR count). The third kappa shape index (κ3) is 7.18. The number of carboxylic acids is 1. The highest BCUT2D eigenvalue weighted by atomic mass is 32.2. The smallest absolute Gasteiger partial charge is 0.326 e. The van der Waals surface area contributed by atoms with E-state index in [9.17, 15) is 9.59 Å². The first-order valence-corrected chi connectivity index (χ1v) is 8.19. The van der Waals surface area contributed by atoms with Gasteiger partial charge in [-0.2, -0.15) is 0 Å². The molecule has 1 atom stereocenters. The van der Waals surface area contributed by atoms with Gasteiger partial charge in [-0.25, -0.2) is 4.79 Å². The molecule has 116 valence electrons. The number of benzene rings is 1. The topological polar surface area (TPSA) is 66.4 Å². The van der Waals surface area contributed by atoms with Crippen LogP contribution in [0.5, 0.6) is 0 Å². The molecule has 0 aliphatic carbocycles. The Morgan fingerprint density at radius 1 is 1.33 bits per heavy atom. The van der Waals surface area contributed by atoms with Gasteiger partial charge in [0.1, 0.15) is 6.04 Å². The zero-order chi connectivity index (χ0) is 15.8. The molecule has 2 N–H and O–H groups in total. The van der Waals surface area contributed by atoms with E-state index in [0.717, 1.165) is 5.75 Å². The van der Waals surface area contributed by atoms with Crippen molar-refractivity contribution in [3.05, 3.63) is 35.4 Å². The molecule has 1 aromatic carbocycles. The summed E-state index contributed by atoms with van der Waals surface area (Å²) in [5.41, 5.74) is 2.37. The normalized spacial score (nSPS) is 12.2. The third-order valence-corrected chi connectivity index (χ3v) is 3.93. The Morgan fingerprint density at radius 2 is 2.05 bits per heavy atom. The average Bonchev–Trinajstić information content (AvgIpc) is 2.37. The predicted molar refractivity (Wildman–Crippen MR) is 86.4 cm³/mol. The summed E-state index contributed by atoms with van der Waals surface area (Å²) in [6.45, 7) is 5.91. The fourth-order valence-corrected chi connectivity index (χ4v) is 2.78. The lowest BCUT2D eigenvalue weighted by Crippen LogP contribution is -2.42. The molecular formula is C16H23NO3S. The van der Waals surface area contributed by atoms with Crippen molar-refractivity contribution in [1.29, 1.82) is 0 Å². The van der Waals surface area contributed by atoms with Gasteiger partial charge in [0.25, 0.3) is 0 Å². The van der Waals surface area contributed by atoms with Crippen LogP contribution in [0, 0.1) is 12.8 Å². The summed E-state index contributed by atoms with van der Waals surface area (Å²) in [6, 6.07) is 7.34. The zero-order valence-electron chi connectivity index (χ0n) is 12.8. The van der Waals surface area contributed by atoms with Gasteiger partial charge >= 0.3 is 5.97 Å². The van der Waals surface area contributed by atoms with E-state index >= 15 is 0 Å². The van der Waals surface area contributed by atoms with Crippen LogP contribution in [-0.2, 0) is 15.3 Å². The van der Waals surface area contributed by atoms with Crippen molar-refractivity contribution in [1.82, 2.24) is 5.32 Å². The number of nitrogens with one attached hydrogen (secondary N) is 1. The van der Waals surface area contributed by atoms with Crippen LogP contribution >= 0.6 is 11.8 Å².